The highest BCUT2D eigenvalue weighted by molar-refractivity contribution is 6.34. The zero-order valence-corrected chi connectivity index (χ0v) is 14.9. The SMILES string of the molecule is COC(=O)C[C@H](NC(=O)C1CC2(CNC2)C1)c1cc(Cl)cc(Cl)c1. The van der Waals surface area contributed by atoms with E-state index in [2.05, 4.69) is 10.6 Å². The second kappa shape index (κ2) is 6.90. The summed E-state index contributed by atoms with van der Waals surface area (Å²) in [5.74, 6) is -0.427. The van der Waals surface area contributed by atoms with Gasteiger partial charge in [0.25, 0.3) is 0 Å². The first kappa shape index (κ1) is 17.5. The van der Waals surface area contributed by atoms with Gasteiger partial charge in [0.05, 0.1) is 19.6 Å². The van der Waals surface area contributed by atoms with Crippen LogP contribution in [0, 0.1) is 11.3 Å². The fourth-order valence-corrected chi connectivity index (χ4v) is 4.05. The summed E-state index contributed by atoms with van der Waals surface area (Å²) in [6.07, 6.45) is 1.83. The molecule has 5 nitrogen and oxygen atoms in total. The number of ether oxygens (including phenoxy) is 1. The van der Waals surface area contributed by atoms with Gasteiger partial charge in [-0.2, -0.15) is 0 Å². The molecule has 1 aliphatic heterocycles. The molecule has 3 rings (SSSR count). The molecule has 1 atom stereocenters. The number of nitrogens with one attached hydrogen (secondary N) is 2. The first-order valence-electron chi connectivity index (χ1n) is 7.95. The lowest BCUT2D eigenvalue weighted by molar-refractivity contribution is -0.142. The van der Waals surface area contributed by atoms with Crippen LogP contribution in [-0.4, -0.2) is 32.1 Å². The Labute approximate surface area is 151 Å². The average Bonchev–Trinajstić information content (AvgIpc) is 2.42. The summed E-state index contributed by atoms with van der Waals surface area (Å²) in [6, 6.07) is 4.53. The molecule has 0 aromatic heterocycles. The van der Waals surface area contributed by atoms with E-state index in [9.17, 15) is 9.59 Å². The van der Waals surface area contributed by atoms with E-state index in [0.717, 1.165) is 25.9 Å². The molecule has 1 aliphatic carbocycles. The maximum Gasteiger partial charge on any atom is 0.307 e. The molecule has 130 valence electrons. The van der Waals surface area contributed by atoms with Crippen molar-refractivity contribution >= 4 is 35.1 Å². The molecule has 1 spiro atoms. The number of esters is 1. The number of amides is 1. The van der Waals surface area contributed by atoms with Crippen molar-refractivity contribution in [3.63, 3.8) is 0 Å². The first-order chi connectivity index (χ1) is 11.4. The Hall–Kier alpha value is -1.30. The minimum Gasteiger partial charge on any atom is -0.469 e. The van der Waals surface area contributed by atoms with Gasteiger partial charge in [0.1, 0.15) is 0 Å². The maximum atomic E-state index is 12.5. The highest BCUT2D eigenvalue weighted by atomic mass is 35.5. The highest BCUT2D eigenvalue weighted by Gasteiger charge is 2.51. The van der Waals surface area contributed by atoms with E-state index in [1.165, 1.54) is 7.11 Å². The third-order valence-corrected chi connectivity index (χ3v) is 5.37. The molecule has 2 N–H and O–H groups in total. The van der Waals surface area contributed by atoms with Crippen molar-refractivity contribution in [2.24, 2.45) is 11.3 Å². The Kier molecular flexibility index (Phi) is 5.04. The normalized spacial score (nSPS) is 20.0. The van der Waals surface area contributed by atoms with Crippen LogP contribution in [-0.2, 0) is 14.3 Å². The Morgan fingerprint density at radius 2 is 1.92 bits per heavy atom. The molecule has 1 saturated carbocycles. The Morgan fingerprint density at radius 1 is 1.29 bits per heavy atom. The van der Waals surface area contributed by atoms with E-state index >= 15 is 0 Å². The number of hydrogen-bond acceptors (Lipinski definition) is 4. The third kappa shape index (κ3) is 3.68. The van der Waals surface area contributed by atoms with E-state index in [4.69, 9.17) is 27.9 Å². The number of benzene rings is 1. The second-order valence-electron chi connectivity index (χ2n) is 6.75. The van der Waals surface area contributed by atoms with Gasteiger partial charge in [-0.25, -0.2) is 0 Å². The van der Waals surface area contributed by atoms with Gasteiger partial charge in [-0.3, -0.25) is 9.59 Å². The Morgan fingerprint density at radius 3 is 2.42 bits per heavy atom. The molecule has 0 radical (unpaired) electrons. The molecule has 7 heteroatoms. The molecule has 1 aromatic rings. The van der Waals surface area contributed by atoms with Crippen molar-refractivity contribution in [1.82, 2.24) is 10.6 Å². The number of methoxy groups -OCH3 is 1. The van der Waals surface area contributed by atoms with Crippen LogP contribution in [0.5, 0.6) is 0 Å². The summed E-state index contributed by atoms with van der Waals surface area (Å²) in [6.45, 7) is 1.98. The fraction of sp³-hybridized carbons (Fsp3) is 0.529. The predicted molar refractivity (Wildman–Crippen MR) is 92.0 cm³/mol. The summed E-state index contributed by atoms with van der Waals surface area (Å²) in [5, 5.41) is 7.14. The molecule has 1 aromatic carbocycles. The van der Waals surface area contributed by atoms with Crippen LogP contribution >= 0.6 is 23.2 Å². The van der Waals surface area contributed by atoms with Gasteiger partial charge in [0.2, 0.25) is 5.91 Å². The van der Waals surface area contributed by atoms with E-state index < -0.39 is 12.0 Å². The summed E-state index contributed by atoms with van der Waals surface area (Å²) in [7, 11) is 1.32. The number of halogens is 2. The predicted octanol–water partition coefficient (Wildman–Crippen LogP) is 2.71. The van der Waals surface area contributed by atoms with Crippen LogP contribution < -0.4 is 10.6 Å². The van der Waals surface area contributed by atoms with Crippen molar-refractivity contribution < 1.29 is 14.3 Å². The van der Waals surface area contributed by atoms with Crippen molar-refractivity contribution in [3.05, 3.63) is 33.8 Å². The molecule has 1 amide bonds. The summed E-state index contributed by atoms with van der Waals surface area (Å²) < 4.78 is 4.74. The lowest BCUT2D eigenvalue weighted by Gasteiger charge is -2.53. The van der Waals surface area contributed by atoms with Gasteiger partial charge in [0, 0.05) is 29.1 Å². The summed E-state index contributed by atoms with van der Waals surface area (Å²) >= 11 is 12.1. The van der Waals surface area contributed by atoms with Crippen molar-refractivity contribution in [3.8, 4) is 0 Å². The van der Waals surface area contributed by atoms with Crippen LogP contribution in [0.2, 0.25) is 10.0 Å². The van der Waals surface area contributed by atoms with E-state index in [0.29, 0.717) is 21.0 Å². The van der Waals surface area contributed by atoms with E-state index in [1.54, 1.807) is 18.2 Å². The van der Waals surface area contributed by atoms with Crippen molar-refractivity contribution in [2.75, 3.05) is 20.2 Å². The summed E-state index contributed by atoms with van der Waals surface area (Å²) in [4.78, 5) is 24.2. The van der Waals surface area contributed by atoms with Gasteiger partial charge < -0.3 is 15.4 Å². The van der Waals surface area contributed by atoms with E-state index in [1.807, 2.05) is 0 Å². The second-order valence-corrected chi connectivity index (χ2v) is 7.63. The summed E-state index contributed by atoms with van der Waals surface area (Å²) in [5.41, 5.74) is 1.02. The Balaban J connectivity index is 1.70. The van der Waals surface area contributed by atoms with Crippen molar-refractivity contribution in [1.29, 1.82) is 0 Å². The topological polar surface area (TPSA) is 67.4 Å². The van der Waals surface area contributed by atoms with Gasteiger partial charge >= 0.3 is 5.97 Å². The van der Waals surface area contributed by atoms with Crippen molar-refractivity contribution in [2.45, 2.75) is 25.3 Å². The van der Waals surface area contributed by atoms with Crippen LogP contribution in [0.15, 0.2) is 18.2 Å². The van der Waals surface area contributed by atoms with Crippen LogP contribution in [0.1, 0.15) is 30.9 Å². The van der Waals surface area contributed by atoms with Crippen LogP contribution in [0.4, 0.5) is 0 Å². The number of carbonyl (C=O) groups is 2. The number of hydrogen-bond donors (Lipinski definition) is 2. The average molecular weight is 371 g/mol. The van der Waals surface area contributed by atoms with Gasteiger partial charge in [0.15, 0.2) is 0 Å². The molecule has 2 fully saturated rings. The number of rotatable bonds is 5. The smallest absolute Gasteiger partial charge is 0.307 e. The van der Waals surface area contributed by atoms with Crippen LogP contribution in [0.3, 0.4) is 0 Å². The largest absolute Gasteiger partial charge is 0.469 e. The fourth-order valence-electron chi connectivity index (χ4n) is 3.51. The molecule has 0 unspecified atom stereocenters. The molecular weight excluding hydrogens is 351 g/mol. The molecule has 2 aliphatic rings. The minimum atomic E-state index is -0.503. The van der Waals surface area contributed by atoms with Gasteiger partial charge in [-0.1, -0.05) is 23.2 Å². The standard InChI is InChI=1S/C17H20Cl2N2O3/c1-24-15(22)5-14(10-2-12(18)4-13(19)3-10)21-16(23)11-6-17(7-11)8-20-9-17/h2-4,11,14,20H,5-9H2,1H3,(H,21,23)/t14-/m0/s1. The molecule has 24 heavy (non-hydrogen) atoms. The molecule has 1 saturated heterocycles. The quantitative estimate of drug-likeness (QED) is 0.781. The molecule has 1 heterocycles. The highest BCUT2D eigenvalue weighted by Crippen LogP contribution is 2.48. The monoisotopic (exact) mass is 370 g/mol. The van der Waals surface area contributed by atoms with Gasteiger partial charge in [-0.15, -0.1) is 0 Å². The maximum absolute atomic E-state index is 12.5. The minimum absolute atomic E-state index is 0.00176. The van der Waals surface area contributed by atoms with Crippen LogP contribution in [0.25, 0.3) is 0 Å². The zero-order valence-electron chi connectivity index (χ0n) is 13.4. The third-order valence-electron chi connectivity index (χ3n) is 4.93. The van der Waals surface area contributed by atoms with E-state index in [-0.39, 0.29) is 18.2 Å². The number of carbonyl (C=O) groups excluding carboxylic acids is 2. The molecule has 0 bridgehead atoms. The first-order valence-corrected chi connectivity index (χ1v) is 8.70. The van der Waals surface area contributed by atoms with Gasteiger partial charge in [-0.05, 0) is 42.0 Å². The molecular formula is C17H20Cl2N2O3. The lowest BCUT2D eigenvalue weighted by atomic mass is 9.58. The zero-order chi connectivity index (χ0) is 17.3. The lowest BCUT2D eigenvalue weighted by Crippen LogP contribution is -2.62. The Bertz CT molecular complexity index is 633.